The molecular weight excluding hydrogens is 354 g/mol. The Balaban J connectivity index is 2.18. The Kier molecular flexibility index (Phi) is 12.4. The molecule has 0 radical (unpaired) electrons. The van der Waals surface area contributed by atoms with Crippen LogP contribution in [-0.4, -0.2) is 27.1 Å². The van der Waals surface area contributed by atoms with Crippen molar-refractivity contribution in [3.8, 4) is 11.8 Å². The minimum absolute atomic E-state index is 0.297. The van der Waals surface area contributed by atoms with E-state index in [1.54, 1.807) is 0 Å². The number of carboxylic acids is 2. The SMILES string of the molecule is CCCCCCCCCCCCCCC#Cc1cc(C(=O)O)nc(C(=O)O)c1. The van der Waals surface area contributed by atoms with E-state index in [0.29, 0.717) is 5.56 Å². The molecule has 0 fully saturated rings. The maximum Gasteiger partial charge on any atom is 0.354 e. The van der Waals surface area contributed by atoms with E-state index in [9.17, 15) is 9.59 Å². The molecule has 0 aromatic carbocycles. The number of nitrogens with zero attached hydrogens (tertiary/aromatic N) is 1. The first-order chi connectivity index (χ1) is 13.5. The normalized spacial score (nSPS) is 10.3. The minimum atomic E-state index is -1.26. The van der Waals surface area contributed by atoms with Crippen LogP contribution < -0.4 is 0 Å². The van der Waals surface area contributed by atoms with E-state index in [0.717, 1.165) is 19.3 Å². The molecule has 0 aliphatic carbocycles. The summed E-state index contributed by atoms with van der Waals surface area (Å²) in [6.45, 7) is 2.25. The highest BCUT2D eigenvalue weighted by Crippen LogP contribution is 2.12. The zero-order valence-electron chi connectivity index (χ0n) is 17.0. The van der Waals surface area contributed by atoms with E-state index in [-0.39, 0.29) is 11.4 Å². The zero-order chi connectivity index (χ0) is 20.6. The maximum atomic E-state index is 11.0. The van der Waals surface area contributed by atoms with Gasteiger partial charge >= 0.3 is 11.9 Å². The fourth-order valence-corrected chi connectivity index (χ4v) is 3.04. The van der Waals surface area contributed by atoms with Crippen molar-refractivity contribution in [1.29, 1.82) is 0 Å². The maximum absolute atomic E-state index is 11.0. The Labute approximate surface area is 168 Å². The first-order valence-electron chi connectivity index (χ1n) is 10.5. The average molecular weight is 388 g/mol. The predicted molar refractivity (Wildman–Crippen MR) is 111 cm³/mol. The molecule has 0 aliphatic heterocycles. The molecule has 5 nitrogen and oxygen atoms in total. The Bertz CT molecular complexity index is 641. The third-order valence-corrected chi connectivity index (χ3v) is 4.65. The number of hydrogen-bond donors (Lipinski definition) is 2. The molecule has 0 atom stereocenters. The number of carboxylic acid groups (broad SMARTS) is 2. The van der Waals surface area contributed by atoms with Crippen LogP contribution >= 0.6 is 0 Å². The van der Waals surface area contributed by atoms with Crippen molar-refractivity contribution < 1.29 is 19.8 Å². The minimum Gasteiger partial charge on any atom is -0.477 e. The molecule has 1 aromatic rings. The molecule has 154 valence electrons. The molecule has 1 heterocycles. The van der Waals surface area contributed by atoms with Crippen LogP contribution in [0.25, 0.3) is 0 Å². The molecule has 0 unspecified atom stereocenters. The number of carbonyl (C=O) groups is 2. The molecule has 5 heteroatoms. The monoisotopic (exact) mass is 387 g/mol. The van der Waals surface area contributed by atoms with E-state index >= 15 is 0 Å². The standard InChI is InChI=1S/C23H33NO4/c1-2-3-4-5-6-7-8-9-10-11-12-13-14-15-16-19-17-20(22(25)26)24-21(18-19)23(27)28/h17-18H,2-14H2,1H3,(H,25,26)(H,27,28). The Hall–Kier alpha value is -2.35. The van der Waals surface area contributed by atoms with Crippen LogP contribution in [-0.2, 0) is 0 Å². The second-order valence-corrected chi connectivity index (χ2v) is 7.18. The van der Waals surface area contributed by atoms with Gasteiger partial charge in [0.15, 0.2) is 0 Å². The van der Waals surface area contributed by atoms with Crippen LogP contribution in [0.2, 0.25) is 0 Å². The molecule has 0 saturated heterocycles. The molecule has 0 amide bonds. The molecule has 0 aliphatic rings. The Morgan fingerprint density at radius 3 is 1.64 bits per heavy atom. The molecular formula is C23H33NO4. The van der Waals surface area contributed by atoms with Gasteiger partial charge in [0.25, 0.3) is 0 Å². The van der Waals surface area contributed by atoms with E-state index in [1.807, 2.05) is 0 Å². The van der Waals surface area contributed by atoms with Gasteiger partial charge in [0.2, 0.25) is 0 Å². The lowest BCUT2D eigenvalue weighted by Crippen LogP contribution is -2.08. The summed E-state index contributed by atoms with van der Waals surface area (Å²) in [5.41, 5.74) is -0.215. The smallest absolute Gasteiger partial charge is 0.354 e. The summed E-state index contributed by atoms with van der Waals surface area (Å²) in [6.07, 6.45) is 16.2. The van der Waals surface area contributed by atoms with Gasteiger partial charge in [-0.1, -0.05) is 89.4 Å². The van der Waals surface area contributed by atoms with Crippen LogP contribution in [0.5, 0.6) is 0 Å². The Morgan fingerprint density at radius 2 is 1.21 bits per heavy atom. The van der Waals surface area contributed by atoms with Crippen molar-refractivity contribution >= 4 is 11.9 Å². The third kappa shape index (κ3) is 10.7. The van der Waals surface area contributed by atoms with Crippen molar-refractivity contribution in [1.82, 2.24) is 4.98 Å². The van der Waals surface area contributed by atoms with Gasteiger partial charge in [-0.2, -0.15) is 0 Å². The lowest BCUT2D eigenvalue weighted by molar-refractivity contribution is 0.0685. The molecule has 28 heavy (non-hydrogen) atoms. The second-order valence-electron chi connectivity index (χ2n) is 7.18. The topological polar surface area (TPSA) is 87.5 Å². The van der Waals surface area contributed by atoms with Crippen LogP contribution in [0.1, 0.15) is 117 Å². The van der Waals surface area contributed by atoms with E-state index in [2.05, 4.69) is 23.7 Å². The number of hydrogen-bond acceptors (Lipinski definition) is 3. The van der Waals surface area contributed by atoms with Crippen LogP contribution in [0.3, 0.4) is 0 Å². The first kappa shape index (κ1) is 23.7. The number of pyridine rings is 1. The van der Waals surface area contributed by atoms with E-state index in [1.165, 1.54) is 76.3 Å². The van der Waals surface area contributed by atoms with Gasteiger partial charge in [0.1, 0.15) is 11.4 Å². The molecule has 2 N–H and O–H groups in total. The molecule has 0 saturated carbocycles. The summed E-state index contributed by atoms with van der Waals surface area (Å²) in [5.74, 6) is 3.35. The first-order valence-corrected chi connectivity index (χ1v) is 10.5. The summed E-state index contributed by atoms with van der Waals surface area (Å²) < 4.78 is 0. The second kappa shape index (κ2) is 14.7. The zero-order valence-corrected chi connectivity index (χ0v) is 17.0. The van der Waals surface area contributed by atoms with E-state index in [4.69, 9.17) is 10.2 Å². The van der Waals surface area contributed by atoms with Gasteiger partial charge in [0.05, 0.1) is 0 Å². The highest BCUT2D eigenvalue weighted by Gasteiger charge is 2.12. The molecule has 0 spiro atoms. The predicted octanol–water partition coefficient (Wildman–Crippen LogP) is 5.92. The number of aromatic carboxylic acids is 2. The Morgan fingerprint density at radius 1 is 0.786 bits per heavy atom. The van der Waals surface area contributed by atoms with Crippen LogP contribution in [0.15, 0.2) is 12.1 Å². The summed E-state index contributed by atoms with van der Waals surface area (Å²) in [6, 6.07) is 2.62. The van der Waals surface area contributed by atoms with Crippen molar-refractivity contribution in [3.63, 3.8) is 0 Å². The lowest BCUT2D eigenvalue weighted by atomic mass is 10.0. The summed E-state index contributed by atoms with van der Waals surface area (Å²) in [7, 11) is 0. The van der Waals surface area contributed by atoms with Crippen LogP contribution in [0, 0.1) is 11.8 Å². The van der Waals surface area contributed by atoms with Crippen molar-refractivity contribution in [2.24, 2.45) is 0 Å². The highest BCUT2D eigenvalue weighted by atomic mass is 16.4. The summed E-state index contributed by atoms with van der Waals surface area (Å²) >= 11 is 0. The van der Waals surface area contributed by atoms with Gasteiger partial charge in [-0.25, -0.2) is 14.6 Å². The average Bonchev–Trinajstić information content (AvgIpc) is 2.68. The largest absolute Gasteiger partial charge is 0.477 e. The fourth-order valence-electron chi connectivity index (χ4n) is 3.04. The van der Waals surface area contributed by atoms with E-state index < -0.39 is 11.9 Å². The quantitative estimate of drug-likeness (QED) is 0.305. The van der Waals surface area contributed by atoms with Gasteiger partial charge < -0.3 is 10.2 Å². The lowest BCUT2D eigenvalue weighted by Gasteiger charge is -2.02. The van der Waals surface area contributed by atoms with Crippen molar-refractivity contribution in [2.75, 3.05) is 0 Å². The third-order valence-electron chi connectivity index (χ3n) is 4.65. The van der Waals surface area contributed by atoms with Crippen LogP contribution in [0.4, 0.5) is 0 Å². The van der Waals surface area contributed by atoms with Gasteiger partial charge in [-0.15, -0.1) is 0 Å². The fraction of sp³-hybridized carbons (Fsp3) is 0.609. The number of rotatable bonds is 14. The molecule has 0 bridgehead atoms. The van der Waals surface area contributed by atoms with Crippen molar-refractivity contribution in [2.45, 2.75) is 90.4 Å². The van der Waals surface area contributed by atoms with Gasteiger partial charge in [0, 0.05) is 12.0 Å². The molecule has 1 rings (SSSR count). The number of aromatic nitrogens is 1. The van der Waals surface area contributed by atoms with Crippen molar-refractivity contribution in [3.05, 3.63) is 29.1 Å². The summed E-state index contributed by atoms with van der Waals surface area (Å²) in [5, 5.41) is 18.0. The summed E-state index contributed by atoms with van der Waals surface area (Å²) in [4.78, 5) is 25.6. The van der Waals surface area contributed by atoms with Gasteiger partial charge in [-0.3, -0.25) is 0 Å². The number of unbranched alkanes of at least 4 members (excludes halogenated alkanes) is 12. The highest BCUT2D eigenvalue weighted by molar-refractivity contribution is 5.90. The van der Waals surface area contributed by atoms with Gasteiger partial charge in [-0.05, 0) is 18.6 Å². The molecule has 1 aromatic heterocycles.